The van der Waals surface area contributed by atoms with E-state index in [1.165, 1.54) is 6.92 Å². The third kappa shape index (κ3) is 4.07. The minimum Gasteiger partial charge on any atom is -0.481 e. The molecule has 0 bridgehead atoms. The van der Waals surface area contributed by atoms with Crippen LogP contribution < -0.4 is 0 Å². The van der Waals surface area contributed by atoms with Crippen molar-refractivity contribution in [3.63, 3.8) is 0 Å². The Morgan fingerprint density at radius 1 is 1.35 bits per heavy atom. The summed E-state index contributed by atoms with van der Waals surface area (Å²) in [6, 6.07) is 0. The van der Waals surface area contributed by atoms with Gasteiger partial charge in [-0.2, -0.15) is 0 Å². The maximum Gasteiger partial charge on any atom is 0.307 e. The number of carboxylic acids is 1. The average molecular weight is 248 g/mol. The Balaban J connectivity index is 5.37. The summed E-state index contributed by atoms with van der Waals surface area (Å²) in [4.78, 5) is 22.3. The SMILES string of the molecule is CCOC(C(O)(CC(=O)O)C(C)=O)[N+](C)(C)C. The van der Waals surface area contributed by atoms with Gasteiger partial charge < -0.3 is 19.4 Å². The van der Waals surface area contributed by atoms with Gasteiger partial charge in [-0.05, 0) is 13.8 Å². The van der Waals surface area contributed by atoms with Crippen LogP contribution >= 0.6 is 0 Å². The predicted octanol–water partition coefficient (Wildman–Crippen LogP) is -0.150. The number of ether oxygens (including phenoxy) is 1. The van der Waals surface area contributed by atoms with E-state index in [0.717, 1.165) is 0 Å². The molecular formula is C11H22NO5+. The largest absolute Gasteiger partial charge is 0.481 e. The van der Waals surface area contributed by atoms with Gasteiger partial charge in [0, 0.05) is 0 Å². The van der Waals surface area contributed by atoms with Gasteiger partial charge in [-0.3, -0.25) is 9.59 Å². The van der Waals surface area contributed by atoms with E-state index in [-0.39, 0.29) is 11.1 Å². The molecule has 0 rings (SSSR count). The first-order valence-corrected chi connectivity index (χ1v) is 5.43. The van der Waals surface area contributed by atoms with E-state index in [4.69, 9.17) is 9.84 Å². The van der Waals surface area contributed by atoms with Crippen molar-refractivity contribution in [3.8, 4) is 0 Å². The number of hydrogen-bond acceptors (Lipinski definition) is 4. The molecule has 2 atom stereocenters. The Kier molecular flexibility index (Phi) is 5.25. The average Bonchev–Trinajstić information content (AvgIpc) is 2.10. The molecule has 100 valence electrons. The summed E-state index contributed by atoms with van der Waals surface area (Å²) in [5.74, 6) is -1.84. The van der Waals surface area contributed by atoms with E-state index in [2.05, 4.69) is 0 Å². The zero-order valence-electron chi connectivity index (χ0n) is 11.1. The molecule has 0 aliphatic carbocycles. The Morgan fingerprint density at radius 3 is 2.06 bits per heavy atom. The lowest BCUT2D eigenvalue weighted by Crippen LogP contribution is -2.63. The Bertz CT molecular complexity index is 297. The quantitative estimate of drug-likeness (QED) is 0.483. The van der Waals surface area contributed by atoms with E-state index in [1.54, 1.807) is 28.1 Å². The summed E-state index contributed by atoms with van der Waals surface area (Å²) in [7, 11) is 5.20. The van der Waals surface area contributed by atoms with E-state index < -0.39 is 30.0 Å². The monoisotopic (exact) mass is 248 g/mol. The lowest BCUT2D eigenvalue weighted by molar-refractivity contribution is -0.926. The third-order valence-electron chi connectivity index (χ3n) is 2.47. The smallest absolute Gasteiger partial charge is 0.307 e. The number of aliphatic carboxylic acids is 1. The lowest BCUT2D eigenvalue weighted by Gasteiger charge is -2.41. The summed E-state index contributed by atoms with van der Waals surface area (Å²) in [6.45, 7) is 3.18. The number of aliphatic hydroxyl groups is 1. The summed E-state index contributed by atoms with van der Waals surface area (Å²) >= 11 is 0. The van der Waals surface area contributed by atoms with Crippen LogP contribution in [-0.2, 0) is 14.3 Å². The highest BCUT2D eigenvalue weighted by atomic mass is 16.5. The molecule has 0 aromatic rings. The normalized spacial score (nSPS) is 17.3. The fourth-order valence-electron chi connectivity index (χ4n) is 1.78. The summed E-state index contributed by atoms with van der Waals surface area (Å²) in [5, 5.41) is 19.1. The number of quaternary nitrogens is 1. The van der Waals surface area contributed by atoms with Crippen LogP contribution in [0.5, 0.6) is 0 Å². The number of nitrogens with zero attached hydrogens (tertiary/aromatic N) is 1. The molecule has 6 heteroatoms. The van der Waals surface area contributed by atoms with Gasteiger partial charge in [0.05, 0.1) is 34.2 Å². The van der Waals surface area contributed by atoms with Gasteiger partial charge in [0.25, 0.3) is 0 Å². The molecule has 2 unspecified atom stereocenters. The van der Waals surface area contributed by atoms with Crippen LogP contribution in [0.1, 0.15) is 20.3 Å². The summed E-state index contributed by atoms with van der Waals surface area (Å²) in [5.41, 5.74) is -2.01. The van der Waals surface area contributed by atoms with Crippen LogP contribution in [0.25, 0.3) is 0 Å². The number of hydrogen-bond donors (Lipinski definition) is 2. The number of carbonyl (C=O) groups is 2. The van der Waals surface area contributed by atoms with Gasteiger partial charge in [0.2, 0.25) is 11.8 Å². The predicted molar refractivity (Wildman–Crippen MR) is 61.3 cm³/mol. The molecule has 0 radical (unpaired) electrons. The minimum atomic E-state index is -2.01. The van der Waals surface area contributed by atoms with Crippen LogP contribution in [0.4, 0.5) is 0 Å². The summed E-state index contributed by atoms with van der Waals surface area (Å²) in [6.07, 6.45) is -1.58. The highest BCUT2D eigenvalue weighted by Gasteiger charge is 2.51. The number of Topliss-reactive ketones (excluding diaryl/α,β-unsaturated/α-hetero) is 1. The molecule has 2 N–H and O–H groups in total. The molecule has 0 saturated carbocycles. The third-order valence-corrected chi connectivity index (χ3v) is 2.47. The van der Waals surface area contributed by atoms with Crippen LogP contribution in [0.3, 0.4) is 0 Å². The Morgan fingerprint density at radius 2 is 1.82 bits per heavy atom. The summed E-state index contributed by atoms with van der Waals surface area (Å²) < 4.78 is 5.51. The number of carboxylic acid groups (broad SMARTS) is 1. The van der Waals surface area contributed by atoms with Crippen molar-refractivity contribution in [3.05, 3.63) is 0 Å². The minimum absolute atomic E-state index is 0.136. The van der Waals surface area contributed by atoms with E-state index >= 15 is 0 Å². The molecule has 0 saturated heterocycles. The molecule has 0 aliphatic rings. The van der Waals surface area contributed by atoms with E-state index in [0.29, 0.717) is 0 Å². The molecule has 0 aliphatic heterocycles. The molecule has 0 aromatic carbocycles. The van der Waals surface area contributed by atoms with Crippen molar-refractivity contribution in [2.75, 3.05) is 27.7 Å². The molecule has 0 fully saturated rings. The van der Waals surface area contributed by atoms with Gasteiger partial charge >= 0.3 is 5.97 Å². The van der Waals surface area contributed by atoms with Crippen molar-refractivity contribution < 1.29 is 29.0 Å². The first-order valence-electron chi connectivity index (χ1n) is 5.43. The van der Waals surface area contributed by atoms with Crippen molar-refractivity contribution >= 4 is 11.8 Å². The van der Waals surface area contributed by atoms with Gasteiger partial charge in [0.1, 0.15) is 0 Å². The molecule has 0 amide bonds. The molecule has 0 spiro atoms. The second kappa shape index (κ2) is 5.57. The van der Waals surface area contributed by atoms with E-state index in [9.17, 15) is 14.7 Å². The first-order chi connectivity index (χ1) is 7.55. The Labute approximate surface area is 101 Å². The highest BCUT2D eigenvalue weighted by Crippen LogP contribution is 2.25. The van der Waals surface area contributed by atoms with Gasteiger partial charge in [-0.1, -0.05) is 0 Å². The van der Waals surface area contributed by atoms with Gasteiger partial charge in [-0.25, -0.2) is 0 Å². The lowest BCUT2D eigenvalue weighted by atomic mass is 9.91. The molecular weight excluding hydrogens is 226 g/mol. The van der Waals surface area contributed by atoms with Crippen LogP contribution in [0, 0.1) is 0 Å². The number of rotatable bonds is 7. The highest BCUT2D eigenvalue weighted by molar-refractivity contribution is 5.89. The zero-order chi connectivity index (χ0) is 13.9. The van der Waals surface area contributed by atoms with Crippen LogP contribution in [0.15, 0.2) is 0 Å². The molecule has 0 heterocycles. The van der Waals surface area contributed by atoms with Gasteiger partial charge in [0.15, 0.2) is 5.78 Å². The number of ketones is 1. The van der Waals surface area contributed by atoms with Gasteiger partial charge in [-0.15, -0.1) is 0 Å². The van der Waals surface area contributed by atoms with Crippen molar-refractivity contribution in [1.82, 2.24) is 0 Å². The maximum absolute atomic E-state index is 11.6. The second-order valence-corrected chi connectivity index (χ2v) is 4.97. The fraction of sp³-hybridized carbons (Fsp3) is 0.818. The van der Waals surface area contributed by atoms with Crippen molar-refractivity contribution in [2.45, 2.75) is 32.1 Å². The molecule has 17 heavy (non-hydrogen) atoms. The number of carbonyl (C=O) groups excluding carboxylic acids is 1. The Hall–Kier alpha value is -0.980. The molecule has 0 aromatic heterocycles. The van der Waals surface area contributed by atoms with Crippen LogP contribution in [0.2, 0.25) is 0 Å². The molecule has 6 nitrogen and oxygen atoms in total. The number of likely N-dealkylation sites (N-methyl/N-ethyl adjacent to an activating group) is 1. The first kappa shape index (κ1) is 16.0. The van der Waals surface area contributed by atoms with Crippen molar-refractivity contribution in [1.29, 1.82) is 0 Å². The van der Waals surface area contributed by atoms with Crippen LogP contribution in [-0.4, -0.2) is 66.0 Å². The maximum atomic E-state index is 11.6. The van der Waals surface area contributed by atoms with E-state index in [1.807, 2.05) is 0 Å². The topological polar surface area (TPSA) is 83.8 Å². The van der Waals surface area contributed by atoms with Crippen molar-refractivity contribution in [2.24, 2.45) is 0 Å². The zero-order valence-corrected chi connectivity index (χ0v) is 11.1. The standard InChI is InChI=1S/C11H21NO5/c1-6-17-10(12(3,4)5)11(16,8(2)13)7-9(14)15/h10,16H,6-7H2,1-5H3/p+1. The fourth-order valence-corrected chi connectivity index (χ4v) is 1.78. The second-order valence-electron chi connectivity index (χ2n) is 4.97.